The lowest BCUT2D eigenvalue weighted by molar-refractivity contribution is -0.121. The lowest BCUT2D eigenvalue weighted by Gasteiger charge is -2.07. The van der Waals surface area contributed by atoms with Gasteiger partial charge in [0.25, 0.3) is 0 Å². The second-order valence-electron chi connectivity index (χ2n) is 5.90. The summed E-state index contributed by atoms with van der Waals surface area (Å²) in [4.78, 5) is 11.7. The summed E-state index contributed by atoms with van der Waals surface area (Å²) in [5.41, 5.74) is 5.36. The van der Waals surface area contributed by atoms with E-state index >= 15 is 0 Å². The van der Waals surface area contributed by atoms with Gasteiger partial charge in [0.15, 0.2) is 11.6 Å². The van der Waals surface area contributed by atoms with Gasteiger partial charge in [-0.1, -0.05) is 0 Å². The maximum Gasteiger partial charge on any atom is 0.220 e. The fraction of sp³-hybridized carbons (Fsp3) is 0.824. The summed E-state index contributed by atoms with van der Waals surface area (Å²) in [5, 5.41) is 18.4. The molecule has 1 aromatic rings. The summed E-state index contributed by atoms with van der Waals surface area (Å²) >= 11 is 0. The van der Waals surface area contributed by atoms with Crippen molar-refractivity contribution in [1.29, 1.82) is 0 Å². The van der Waals surface area contributed by atoms with Crippen molar-refractivity contribution >= 4 is 5.91 Å². The average molecular weight is 384 g/mol. The Hall–Kier alpha value is -1.75. The molecule has 0 bridgehead atoms. The van der Waals surface area contributed by atoms with Gasteiger partial charge >= 0.3 is 0 Å². The lowest BCUT2D eigenvalue weighted by atomic mass is 10.2. The molecule has 0 aliphatic carbocycles. The molecule has 27 heavy (non-hydrogen) atoms. The molecular weight excluding hydrogens is 352 g/mol. The fourth-order valence-corrected chi connectivity index (χ4v) is 2.02. The van der Waals surface area contributed by atoms with Crippen LogP contribution >= 0.6 is 0 Å². The van der Waals surface area contributed by atoms with Crippen LogP contribution in [0.1, 0.15) is 37.3 Å². The molecule has 1 rings (SSSR count). The highest BCUT2D eigenvalue weighted by atomic mass is 16.5. The molecule has 0 fully saturated rings. The molecule has 0 spiro atoms. The van der Waals surface area contributed by atoms with E-state index in [0.717, 1.165) is 12.8 Å². The Morgan fingerprint density at radius 2 is 1.48 bits per heavy atom. The molecule has 0 saturated carbocycles. The number of nitrogens with zero attached hydrogens (tertiary/aromatic N) is 4. The predicted octanol–water partition coefficient (Wildman–Crippen LogP) is -0.197. The molecule has 1 heterocycles. The number of aromatic nitrogens is 4. The van der Waals surface area contributed by atoms with Crippen molar-refractivity contribution in [2.75, 3.05) is 52.7 Å². The fourth-order valence-electron chi connectivity index (χ4n) is 2.02. The maximum absolute atomic E-state index is 11.7. The molecule has 154 valence electrons. The van der Waals surface area contributed by atoms with E-state index in [1.807, 2.05) is 0 Å². The molecule has 0 aliphatic rings. The van der Waals surface area contributed by atoms with E-state index in [-0.39, 0.29) is 5.91 Å². The summed E-state index contributed by atoms with van der Waals surface area (Å²) in [6.45, 7) is 6.45. The molecule has 0 saturated heterocycles. The SMILES string of the molecule is Cc1nnc(CCCC(=O)NCCCOCCOCCOCCCN)nn1. The first-order valence-electron chi connectivity index (χ1n) is 9.45. The van der Waals surface area contributed by atoms with Crippen LogP contribution in [-0.2, 0) is 25.4 Å². The lowest BCUT2D eigenvalue weighted by Crippen LogP contribution is -2.25. The van der Waals surface area contributed by atoms with E-state index < -0.39 is 0 Å². The van der Waals surface area contributed by atoms with Gasteiger partial charge in [0.05, 0.1) is 26.4 Å². The summed E-state index contributed by atoms with van der Waals surface area (Å²) in [5.74, 6) is 1.12. The zero-order valence-electron chi connectivity index (χ0n) is 16.2. The van der Waals surface area contributed by atoms with Crippen LogP contribution < -0.4 is 11.1 Å². The standard InChI is InChI=1S/C17H32N6O4/c1-15-20-22-16(23-21-15)5-2-6-17(24)19-8-4-10-26-12-14-27-13-11-25-9-3-7-18/h2-14,18H2,1H3,(H,19,24). The molecule has 0 radical (unpaired) electrons. The van der Waals surface area contributed by atoms with E-state index in [0.29, 0.717) is 83.6 Å². The second kappa shape index (κ2) is 16.4. The van der Waals surface area contributed by atoms with Crippen LogP contribution in [0, 0.1) is 6.92 Å². The Labute approximate surface area is 160 Å². The van der Waals surface area contributed by atoms with Crippen molar-refractivity contribution in [3.8, 4) is 0 Å². The van der Waals surface area contributed by atoms with Gasteiger partial charge in [-0.15, -0.1) is 20.4 Å². The van der Waals surface area contributed by atoms with Crippen LogP contribution in [-0.4, -0.2) is 79.0 Å². The molecule has 0 aliphatic heterocycles. The molecular formula is C17H32N6O4. The quantitative estimate of drug-likeness (QED) is 0.350. The summed E-state index contributed by atoms with van der Waals surface area (Å²) < 4.78 is 16.1. The first kappa shape index (κ1) is 23.3. The van der Waals surface area contributed by atoms with Gasteiger partial charge in [-0.3, -0.25) is 4.79 Å². The topological polar surface area (TPSA) is 134 Å². The third-order valence-electron chi connectivity index (χ3n) is 3.45. The van der Waals surface area contributed by atoms with Gasteiger partial charge in [-0.2, -0.15) is 0 Å². The molecule has 0 aromatic carbocycles. The summed E-state index contributed by atoms with van der Waals surface area (Å²) in [6.07, 6.45) is 3.33. The monoisotopic (exact) mass is 384 g/mol. The Kier molecular flexibility index (Phi) is 14.2. The van der Waals surface area contributed by atoms with Gasteiger partial charge in [0.2, 0.25) is 5.91 Å². The van der Waals surface area contributed by atoms with E-state index in [2.05, 4.69) is 25.7 Å². The number of nitrogens with two attached hydrogens (primary N) is 1. The van der Waals surface area contributed by atoms with Gasteiger partial charge in [-0.05, 0) is 32.7 Å². The van der Waals surface area contributed by atoms with Crippen LogP contribution in [0.2, 0.25) is 0 Å². The van der Waals surface area contributed by atoms with Crippen molar-refractivity contribution in [3.63, 3.8) is 0 Å². The molecule has 3 N–H and O–H groups in total. The van der Waals surface area contributed by atoms with Crippen molar-refractivity contribution in [3.05, 3.63) is 11.6 Å². The smallest absolute Gasteiger partial charge is 0.220 e. The van der Waals surface area contributed by atoms with Gasteiger partial charge in [-0.25, -0.2) is 0 Å². The first-order valence-corrected chi connectivity index (χ1v) is 9.45. The van der Waals surface area contributed by atoms with E-state index in [1.54, 1.807) is 6.92 Å². The van der Waals surface area contributed by atoms with Crippen molar-refractivity contribution in [1.82, 2.24) is 25.7 Å². The largest absolute Gasteiger partial charge is 0.379 e. The van der Waals surface area contributed by atoms with Crippen molar-refractivity contribution < 1.29 is 19.0 Å². The normalized spacial score (nSPS) is 10.9. The minimum atomic E-state index is 0.0148. The number of carbonyl (C=O) groups excluding carboxylic acids is 1. The first-order chi connectivity index (χ1) is 13.2. The number of ether oxygens (including phenoxy) is 3. The Morgan fingerprint density at radius 3 is 2.11 bits per heavy atom. The van der Waals surface area contributed by atoms with E-state index in [4.69, 9.17) is 19.9 Å². The number of aryl methyl sites for hydroxylation is 2. The van der Waals surface area contributed by atoms with Crippen molar-refractivity contribution in [2.24, 2.45) is 5.73 Å². The third kappa shape index (κ3) is 14.0. The molecule has 1 amide bonds. The highest BCUT2D eigenvalue weighted by molar-refractivity contribution is 5.75. The molecule has 1 aromatic heterocycles. The summed E-state index contributed by atoms with van der Waals surface area (Å²) in [6, 6.07) is 0. The number of hydrogen-bond acceptors (Lipinski definition) is 9. The van der Waals surface area contributed by atoms with Crippen LogP contribution in [0.4, 0.5) is 0 Å². The Bertz CT molecular complexity index is 489. The highest BCUT2D eigenvalue weighted by Crippen LogP contribution is 1.97. The summed E-state index contributed by atoms with van der Waals surface area (Å²) in [7, 11) is 0. The Morgan fingerprint density at radius 1 is 0.889 bits per heavy atom. The Balaban J connectivity index is 1.82. The van der Waals surface area contributed by atoms with Crippen LogP contribution in [0.15, 0.2) is 0 Å². The van der Waals surface area contributed by atoms with E-state index in [9.17, 15) is 4.79 Å². The maximum atomic E-state index is 11.7. The number of amides is 1. The van der Waals surface area contributed by atoms with Crippen LogP contribution in [0.3, 0.4) is 0 Å². The number of carbonyl (C=O) groups is 1. The predicted molar refractivity (Wildman–Crippen MR) is 99.1 cm³/mol. The van der Waals surface area contributed by atoms with Gasteiger partial charge in [0.1, 0.15) is 0 Å². The number of nitrogens with one attached hydrogen (secondary N) is 1. The molecule has 10 heteroatoms. The number of hydrogen-bond donors (Lipinski definition) is 2. The van der Waals surface area contributed by atoms with Crippen LogP contribution in [0.25, 0.3) is 0 Å². The molecule has 0 unspecified atom stereocenters. The number of rotatable bonds is 17. The second-order valence-corrected chi connectivity index (χ2v) is 5.90. The van der Waals surface area contributed by atoms with Gasteiger partial charge in [0, 0.05) is 32.6 Å². The third-order valence-corrected chi connectivity index (χ3v) is 3.45. The zero-order chi connectivity index (χ0) is 19.6. The highest BCUT2D eigenvalue weighted by Gasteiger charge is 2.03. The molecule has 0 atom stereocenters. The zero-order valence-corrected chi connectivity index (χ0v) is 16.2. The minimum Gasteiger partial charge on any atom is -0.379 e. The van der Waals surface area contributed by atoms with Crippen molar-refractivity contribution in [2.45, 2.75) is 39.0 Å². The van der Waals surface area contributed by atoms with Gasteiger partial charge < -0.3 is 25.3 Å². The minimum absolute atomic E-state index is 0.0148. The molecule has 10 nitrogen and oxygen atoms in total. The average Bonchev–Trinajstić information content (AvgIpc) is 2.67. The van der Waals surface area contributed by atoms with E-state index in [1.165, 1.54) is 0 Å². The van der Waals surface area contributed by atoms with Crippen LogP contribution in [0.5, 0.6) is 0 Å².